The molecule has 0 N–H and O–H groups in total. The van der Waals surface area contributed by atoms with Gasteiger partial charge in [0.25, 0.3) is 0 Å². The molecule has 1 saturated heterocycles. The summed E-state index contributed by atoms with van der Waals surface area (Å²) in [7, 11) is 1.79. The molecule has 0 saturated carbocycles. The minimum atomic E-state index is -4.30. The molecule has 6 heteroatoms. The Labute approximate surface area is 147 Å². The molecule has 0 aliphatic carbocycles. The molecule has 3 nitrogen and oxygen atoms in total. The predicted octanol–water partition coefficient (Wildman–Crippen LogP) is 3.83. The highest BCUT2D eigenvalue weighted by Gasteiger charge is 2.33. The molecule has 25 heavy (non-hydrogen) atoms. The first kappa shape index (κ1) is 19.8. The Morgan fingerprint density at radius 1 is 1.32 bits per heavy atom. The van der Waals surface area contributed by atoms with Crippen molar-refractivity contribution in [3.8, 4) is 0 Å². The molecular weight excluding hydrogens is 329 g/mol. The largest absolute Gasteiger partial charge is 0.416 e. The van der Waals surface area contributed by atoms with E-state index in [0.717, 1.165) is 38.4 Å². The Hall–Kier alpha value is -1.56. The van der Waals surface area contributed by atoms with Crippen molar-refractivity contribution in [3.63, 3.8) is 0 Å². The van der Waals surface area contributed by atoms with Crippen LogP contribution in [-0.2, 0) is 17.4 Å². The van der Waals surface area contributed by atoms with Gasteiger partial charge in [-0.25, -0.2) is 0 Å². The van der Waals surface area contributed by atoms with Gasteiger partial charge in [-0.1, -0.05) is 18.2 Å². The second-order valence-corrected chi connectivity index (χ2v) is 6.84. The highest BCUT2D eigenvalue weighted by Crippen LogP contribution is 2.33. The minimum absolute atomic E-state index is 0.102. The van der Waals surface area contributed by atoms with Crippen molar-refractivity contribution in [2.75, 3.05) is 33.2 Å². The van der Waals surface area contributed by atoms with Crippen LogP contribution in [-0.4, -0.2) is 48.9 Å². The van der Waals surface area contributed by atoms with E-state index in [0.29, 0.717) is 31.0 Å². The molecule has 0 unspecified atom stereocenters. The second kappa shape index (κ2) is 8.70. The van der Waals surface area contributed by atoms with Gasteiger partial charge in [-0.2, -0.15) is 13.2 Å². The molecule has 1 atom stereocenters. The highest BCUT2D eigenvalue weighted by molar-refractivity contribution is 5.77. The normalized spacial score (nSPS) is 19.0. The molecule has 1 amide bonds. The smallest absolute Gasteiger partial charge is 0.345 e. The zero-order valence-corrected chi connectivity index (χ0v) is 15.0. The van der Waals surface area contributed by atoms with Gasteiger partial charge in [-0.3, -0.25) is 9.69 Å². The summed E-state index contributed by atoms with van der Waals surface area (Å²) >= 11 is 0. The van der Waals surface area contributed by atoms with Crippen molar-refractivity contribution in [2.45, 2.75) is 38.8 Å². The summed E-state index contributed by atoms with van der Waals surface area (Å²) in [5.74, 6) is 0.445. The van der Waals surface area contributed by atoms with Crippen molar-refractivity contribution < 1.29 is 18.0 Å². The zero-order chi connectivity index (χ0) is 18.4. The summed E-state index contributed by atoms with van der Waals surface area (Å²) in [5, 5.41) is 0. The maximum atomic E-state index is 13.1. The van der Waals surface area contributed by atoms with Crippen LogP contribution in [0.3, 0.4) is 0 Å². The number of halogens is 3. The van der Waals surface area contributed by atoms with Gasteiger partial charge in [0, 0.05) is 20.1 Å². The second-order valence-electron chi connectivity index (χ2n) is 6.84. The molecule has 0 aromatic heterocycles. The van der Waals surface area contributed by atoms with Gasteiger partial charge < -0.3 is 4.90 Å². The molecule has 1 aromatic carbocycles. The number of alkyl halides is 3. The Morgan fingerprint density at radius 2 is 2.04 bits per heavy atom. The van der Waals surface area contributed by atoms with Crippen LogP contribution in [0.5, 0.6) is 0 Å². The van der Waals surface area contributed by atoms with Crippen molar-refractivity contribution in [3.05, 3.63) is 35.4 Å². The summed E-state index contributed by atoms with van der Waals surface area (Å²) in [4.78, 5) is 15.9. The van der Waals surface area contributed by atoms with Gasteiger partial charge in [-0.05, 0) is 56.7 Å². The lowest BCUT2D eigenvalue weighted by Crippen LogP contribution is -2.43. The van der Waals surface area contributed by atoms with Gasteiger partial charge in [0.05, 0.1) is 12.1 Å². The van der Waals surface area contributed by atoms with Crippen molar-refractivity contribution in [1.82, 2.24) is 9.80 Å². The lowest BCUT2D eigenvalue weighted by Gasteiger charge is -2.33. The van der Waals surface area contributed by atoms with E-state index in [1.807, 2.05) is 6.92 Å². The first-order chi connectivity index (χ1) is 11.8. The molecular formula is C19H27F3N2O. The number of hydrogen-bond acceptors (Lipinski definition) is 2. The zero-order valence-electron chi connectivity index (χ0n) is 15.0. The molecule has 140 valence electrons. The first-order valence-corrected chi connectivity index (χ1v) is 8.92. The van der Waals surface area contributed by atoms with E-state index in [-0.39, 0.29) is 5.91 Å². The van der Waals surface area contributed by atoms with Crippen LogP contribution in [0.2, 0.25) is 0 Å². The van der Waals surface area contributed by atoms with Crippen LogP contribution >= 0.6 is 0 Å². The summed E-state index contributed by atoms with van der Waals surface area (Å²) in [6.45, 7) is 4.70. The Bertz CT molecular complexity index is 574. The number of piperidine rings is 1. The molecule has 1 fully saturated rings. The summed E-state index contributed by atoms with van der Waals surface area (Å²) < 4.78 is 39.2. The number of benzene rings is 1. The molecule has 0 spiro atoms. The maximum absolute atomic E-state index is 13.1. The summed E-state index contributed by atoms with van der Waals surface area (Å²) in [6, 6.07) is 5.83. The maximum Gasteiger partial charge on any atom is 0.416 e. The topological polar surface area (TPSA) is 23.6 Å². The number of amides is 1. The number of likely N-dealkylation sites (N-methyl/N-ethyl adjacent to an activating group) is 1. The third-order valence-electron chi connectivity index (χ3n) is 5.01. The van der Waals surface area contributed by atoms with Crippen molar-refractivity contribution in [1.29, 1.82) is 0 Å². The summed E-state index contributed by atoms with van der Waals surface area (Å²) in [5.41, 5.74) is -0.156. The highest BCUT2D eigenvalue weighted by atomic mass is 19.4. The van der Waals surface area contributed by atoms with Gasteiger partial charge in [0.15, 0.2) is 0 Å². The molecule has 0 radical (unpaired) electrons. The number of likely N-dealkylation sites (tertiary alicyclic amines) is 1. The van der Waals surface area contributed by atoms with Crippen molar-refractivity contribution in [2.24, 2.45) is 5.92 Å². The monoisotopic (exact) mass is 356 g/mol. The number of hydrogen-bond donors (Lipinski definition) is 0. The molecule has 1 aliphatic rings. The number of rotatable bonds is 6. The van der Waals surface area contributed by atoms with Crippen LogP contribution in [0.25, 0.3) is 0 Å². The quantitative estimate of drug-likeness (QED) is 0.773. The van der Waals surface area contributed by atoms with E-state index in [2.05, 4.69) is 4.90 Å². The first-order valence-electron chi connectivity index (χ1n) is 8.92. The van der Waals surface area contributed by atoms with E-state index in [9.17, 15) is 18.0 Å². The van der Waals surface area contributed by atoms with E-state index < -0.39 is 11.7 Å². The molecule has 1 heterocycles. The van der Waals surface area contributed by atoms with Crippen LogP contribution in [0.15, 0.2) is 24.3 Å². The van der Waals surface area contributed by atoms with Crippen LogP contribution < -0.4 is 0 Å². The number of carbonyl (C=O) groups excluding carboxylic acids is 1. The molecule has 2 rings (SSSR count). The van der Waals surface area contributed by atoms with Gasteiger partial charge in [-0.15, -0.1) is 0 Å². The Kier molecular flexibility index (Phi) is 6.87. The van der Waals surface area contributed by atoms with Gasteiger partial charge >= 0.3 is 6.18 Å². The Morgan fingerprint density at radius 3 is 2.72 bits per heavy atom. The van der Waals surface area contributed by atoms with E-state index in [4.69, 9.17) is 0 Å². The van der Waals surface area contributed by atoms with Gasteiger partial charge in [0.2, 0.25) is 5.91 Å². The third-order valence-corrected chi connectivity index (χ3v) is 5.01. The van der Waals surface area contributed by atoms with Gasteiger partial charge in [0.1, 0.15) is 0 Å². The van der Waals surface area contributed by atoms with Crippen LogP contribution in [0.4, 0.5) is 13.2 Å². The fourth-order valence-electron chi connectivity index (χ4n) is 3.39. The van der Waals surface area contributed by atoms with E-state index >= 15 is 0 Å². The summed E-state index contributed by atoms with van der Waals surface area (Å²) in [6.07, 6.45) is -1.14. The van der Waals surface area contributed by atoms with Crippen LogP contribution in [0, 0.1) is 5.92 Å². The average molecular weight is 356 g/mol. The molecule has 0 bridgehead atoms. The average Bonchev–Trinajstić information content (AvgIpc) is 2.59. The number of carbonyl (C=O) groups is 1. The SMILES string of the molecule is CCN(C)C(=O)CN1CCC[C@H](CCc2ccccc2C(F)(F)F)C1. The standard InChI is InChI=1S/C19H27F3N2O/c1-3-23(2)18(25)14-24-12-6-7-15(13-24)10-11-16-8-4-5-9-17(16)19(20,21)22/h4-5,8-9,15H,3,6-7,10-14H2,1-2H3/t15-/m1/s1. The minimum Gasteiger partial charge on any atom is -0.345 e. The van der Waals surface area contributed by atoms with Crippen molar-refractivity contribution >= 4 is 5.91 Å². The third kappa shape index (κ3) is 5.73. The molecule has 1 aliphatic heterocycles. The number of nitrogens with zero attached hydrogens (tertiary/aromatic N) is 2. The number of aryl methyl sites for hydroxylation is 1. The fraction of sp³-hybridized carbons (Fsp3) is 0.632. The lowest BCUT2D eigenvalue weighted by molar-refractivity contribution is -0.138. The van der Waals surface area contributed by atoms with E-state index in [1.165, 1.54) is 6.07 Å². The lowest BCUT2D eigenvalue weighted by atomic mass is 9.90. The van der Waals surface area contributed by atoms with Crippen LogP contribution in [0.1, 0.15) is 37.3 Å². The predicted molar refractivity (Wildman–Crippen MR) is 92.2 cm³/mol. The molecule has 1 aromatic rings. The van der Waals surface area contributed by atoms with E-state index in [1.54, 1.807) is 24.1 Å². The fourth-order valence-corrected chi connectivity index (χ4v) is 3.39. The Balaban J connectivity index is 1.90.